The van der Waals surface area contributed by atoms with Gasteiger partial charge in [-0.2, -0.15) is 0 Å². The van der Waals surface area contributed by atoms with E-state index in [-0.39, 0.29) is 5.91 Å². The Labute approximate surface area is 114 Å². The summed E-state index contributed by atoms with van der Waals surface area (Å²) in [4.78, 5) is 17.8. The fraction of sp³-hybridized carbons (Fsp3) is 0.364. The van der Waals surface area contributed by atoms with E-state index in [1.54, 1.807) is 12.1 Å². The first-order valence-electron chi connectivity index (χ1n) is 4.77. The molecular weight excluding hydrogens is 337 g/mol. The van der Waals surface area contributed by atoms with Crippen LogP contribution in [0.2, 0.25) is 0 Å². The molecule has 0 saturated carbocycles. The van der Waals surface area contributed by atoms with E-state index in [1.165, 1.54) is 0 Å². The van der Waals surface area contributed by atoms with Crippen molar-refractivity contribution in [2.24, 2.45) is 0 Å². The zero-order valence-electron chi connectivity index (χ0n) is 9.37. The molecule has 0 spiro atoms. The minimum Gasteiger partial charge on any atom is -0.268 e. The van der Waals surface area contributed by atoms with Crippen LogP contribution in [-0.2, 0) is 4.84 Å². The van der Waals surface area contributed by atoms with Crippen molar-refractivity contribution in [3.8, 4) is 0 Å². The lowest BCUT2D eigenvalue weighted by molar-refractivity contribution is -0.0590. The quantitative estimate of drug-likeness (QED) is 0.488. The lowest BCUT2D eigenvalue weighted by atomic mass is 10.2. The van der Waals surface area contributed by atoms with Crippen molar-refractivity contribution in [3.05, 3.63) is 27.3 Å². The Bertz CT molecular complexity index is 401. The molecule has 1 aromatic rings. The van der Waals surface area contributed by atoms with Crippen LogP contribution in [0, 0.1) is 3.57 Å². The number of halogens is 1. The highest BCUT2D eigenvalue weighted by Gasteiger charge is 2.16. The number of hydroxylamine groups is 1. The molecule has 1 amide bonds. The molecule has 3 nitrogen and oxygen atoms in total. The first kappa shape index (κ1) is 13.8. The smallest absolute Gasteiger partial charge is 0.268 e. The third kappa shape index (κ3) is 3.95. The van der Waals surface area contributed by atoms with Gasteiger partial charge < -0.3 is 0 Å². The second kappa shape index (κ2) is 5.37. The van der Waals surface area contributed by atoms with Gasteiger partial charge in [-0.05, 0) is 55.5 Å². The van der Waals surface area contributed by atoms with Crippen molar-refractivity contribution in [2.75, 3.05) is 0 Å². The maximum absolute atomic E-state index is 11.8. The van der Waals surface area contributed by atoms with Crippen LogP contribution in [0.3, 0.4) is 0 Å². The summed E-state index contributed by atoms with van der Waals surface area (Å²) >= 11 is 6.35. The van der Waals surface area contributed by atoms with E-state index >= 15 is 0 Å². The number of rotatable bonds is 2. The predicted molar refractivity (Wildman–Crippen MR) is 74.7 cm³/mol. The average Bonchev–Trinajstić information content (AvgIpc) is 2.17. The van der Waals surface area contributed by atoms with Crippen LogP contribution in [0.4, 0.5) is 0 Å². The Kier molecular flexibility index (Phi) is 4.63. The molecule has 1 N–H and O–H groups in total. The van der Waals surface area contributed by atoms with E-state index in [0.717, 1.165) is 8.47 Å². The Morgan fingerprint density at radius 1 is 1.44 bits per heavy atom. The highest BCUT2D eigenvalue weighted by molar-refractivity contribution is 14.1. The second-order valence-corrected chi connectivity index (χ2v) is 5.84. The lowest BCUT2D eigenvalue weighted by Crippen LogP contribution is -2.33. The van der Waals surface area contributed by atoms with Crippen molar-refractivity contribution in [2.45, 2.75) is 31.3 Å². The van der Waals surface area contributed by atoms with Gasteiger partial charge in [0.25, 0.3) is 5.91 Å². The average molecular weight is 351 g/mol. The molecule has 1 aromatic carbocycles. The summed E-state index contributed by atoms with van der Waals surface area (Å²) in [6, 6.07) is 5.37. The Hall–Kier alpha value is -0.270. The Morgan fingerprint density at radius 2 is 2.06 bits per heavy atom. The highest BCUT2D eigenvalue weighted by atomic mass is 127. The predicted octanol–water partition coefficient (Wildman–Crippen LogP) is 3.04. The normalized spacial score (nSPS) is 11.3. The zero-order valence-corrected chi connectivity index (χ0v) is 12.4. The molecule has 0 saturated heterocycles. The molecule has 0 bridgehead atoms. The van der Waals surface area contributed by atoms with Gasteiger partial charge in [0.15, 0.2) is 0 Å². The van der Waals surface area contributed by atoms with Crippen molar-refractivity contribution in [3.63, 3.8) is 0 Å². The van der Waals surface area contributed by atoms with Crippen LogP contribution >= 0.6 is 35.2 Å². The third-order valence-corrected chi connectivity index (χ3v) is 3.63. The fourth-order valence-corrected chi connectivity index (χ4v) is 1.76. The molecule has 0 aliphatic heterocycles. The van der Waals surface area contributed by atoms with Crippen LogP contribution < -0.4 is 5.48 Å². The summed E-state index contributed by atoms with van der Waals surface area (Å²) in [6.45, 7) is 5.61. The van der Waals surface area contributed by atoms with Crippen LogP contribution in [0.1, 0.15) is 31.1 Å². The number of amides is 1. The largest absolute Gasteiger partial charge is 0.275 e. The molecule has 0 aliphatic rings. The highest BCUT2D eigenvalue weighted by Crippen LogP contribution is 2.20. The zero-order chi connectivity index (χ0) is 12.3. The minimum absolute atomic E-state index is 0.254. The molecular formula is C11H14INO2S. The summed E-state index contributed by atoms with van der Waals surface area (Å²) < 4.78 is 0.818. The van der Waals surface area contributed by atoms with E-state index in [0.29, 0.717) is 5.56 Å². The van der Waals surface area contributed by atoms with Gasteiger partial charge in [0, 0.05) is 8.47 Å². The van der Waals surface area contributed by atoms with Crippen molar-refractivity contribution < 1.29 is 9.63 Å². The van der Waals surface area contributed by atoms with Gasteiger partial charge in [0.1, 0.15) is 0 Å². The lowest BCUT2D eigenvalue weighted by Gasteiger charge is -2.19. The number of hydrogen-bond acceptors (Lipinski definition) is 3. The van der Waals surface area contributed by atoms with E-state index in [2.05, 4.69) is 40.7 Å². The summed E-state index contributed by atoms with van der Waals surface area (Å²) in [5.74, 6) is -0.254. The molecule has 88 valence electrons. The van der Waals surface area contributed by atoms with E-state index in [9.17, 15) is 4.79 Å². The minimum atomic E-state index is -0.403. The van der Waals surface area contributed by atoms with Gasteiger partial charge in [0.2, 0.25) is 0 Å². The molecule has 0 heterocycles. The molecule has 0 aliphatic carbocycles. The fourth-order valence-electron chi connectivity index (χ4n) is 0.950. The molecule has 0 aromatic heterocycles. The van der Waals surface area contributed by atoms with Crippen molar-refractivity contribution in [1.29, 1.82) is 0 Å². The van der Waals surface area contributed by atoms with E-state index in [4.69, 9.17) is 4.84 Å². The first-order chi connectivity index (χ1) is 7.31. The van der Waals surface area contributed by atoms with Gasteiger partial charge in [-0.25, -0.2) is 5.48 Å². The SMILES string of the molecule is CC(C)(C)ONC(=O)c1cccc(S)c1I. The van der Waals surface area contributed by atoms with Crippen LogP contribution in [-0.4, -0.2) is 11.5 Å². The van der Waals surface area contributed by atoms with Gasteiger partial charge in [-0.15, -0.1) is 12.6 Å². The Morgan fingerprint density at radius 3 is 2.62 bits per heavy atom. The van der Waals surface area contributed by atoms with E-state index in [1.807, 2.05) is 26.8 Å². The van der Waals surface area contributed by atoms with Crippen molar-refractivity contribution in [1.82, 2.24) is 5.48 Å². The summed E-state index contributed by atoms with van der Waals surface area (Å²) in [6.07, 6.45) is 0. The van der Waals surface area contributed by atoms with Gasteiger partial charge in [-0.3, -0.25) is 9.63 Å². The molecule has 0 unspecified atom stereocenters. The topological polar surface area (TPSA) is 38.3 Å². The second-order valence-electron chi connectivity index (χ2n) is 4.28. The summed E-state index contributed by atoms with van der Waals surface area (Å²) in [5, 5.41) is 0. The number of hydrogen-bond donors (Lipinski definition) is 2. The van der Waals surface area contributed by atoms with Crippen LogP contribution in [0.15, 0.2) is 23.1 Å². The van der Waals surface area contributed by atoms with Gasteiger partial charge in [0.05, 0.1) is 11.2 Å². The first-order valence-corrected chi connectivity index (χ1v) is 6.29. The summed E-state index contributed by atoms with van der Waals surface area (Å²) in [7, 11) is 0. The standard InChI is InChI=1S/C11H14INO2S/c1-11(2,3)15-13-10(14)7-5-4-6-8(16)9(7)12/h4-6,16H,1-3H3,(H,13,14). The number of nitrogens with one attached hydrogen (secondary N) is 1. The molecule has 16 heavy (non-hydrogen) atoms. The van der Waals surface area contributed by atoms with E-state index < -0.39 is 5.60 Å². The maximum atomic E-state index is 11.8. The van der Waals surface area contributed by atoms with Gasteiger partial charge in [-0.1, -0.05) is 6.07 Å². The van der Waals surface area contributed by atoms with Crippen LogP contribution in [0.5, 0.6) is 0 Å². The summed E-state index contributed by atoms with van der Waals surface area (Å²) in [5.41, 5.74) is 2.59. The maximum Gasteiger partial charge on any atom is 0.275 e. The van der Waals surface area contributed by atoms with Gasteiger partial charge >= 0.3 is 0 Å². The molecule has 0 atom stereocenters. The Balaban J connectivity index is 2.78. The number of thiol groups is 1. The molecule has 0 radical (unpaired) electrons. The monoisotopic (exact) mass is 351 g/mol. The number of carbonyl (C=O) groups is 1. The number of benzene rings is 1. The van der Waals surface area contributed by atoms with Crippen molar-refractivity contribution >= 4 is 41.1 Å². The number of carbonyl (C=O) groups excluding carboxylic acids is 1. The molecule has 1 rings (SSSR count). The molecule has 0 fully saturated rings. The third-order valence-electron chi connectivity index (χ3n) is 1.67. The van der Waals surface area contributed by atoms with Crippen LogP contribution in [0.25, 0.3) is 0 Å². The molecule has 5 heteroatoms.